The molecular weight excluding hydrogens is 278 g/mol. The Morgan fingerprint density at radius 3 is 2.10 bits per heavy atom. The van der Waals surface area contributed by atoms with E-state index in [1.807, 2.05) is 42.8 Å². The zero-order chi connectivity index (χ0) is 16.2. The molecule has 1 aromatic carbocycles. The first-order chi connectivity index (χ1) is 9.75. The van der Waals surface area contributed by atoms with Gasteiger partial charge in [-0.1, -0.05) is 18.2 Å². The van der Waals surface area contributed by atoms with E-state index in [0.29, 0.717) is 5.69 Å². The third-order valence-electron chi connectivity index (χ3n) is 2.52. The van der Waals surface area contributed by atoms with Gasteiger partial charge in [-0.25, -0.2) is 9.59 Å². The Bertz CT molecular complexity index is 678. The number of para-hydroxylation sites is 1. The van der Waals surface area contributed by atoms with Crippen molar-refractivity contribution in [1.82, 2.24) is 9.78 Å². The Hall–Kier alpha value is -2.90. The van der Waals surface area contributed by atoms with Crippen LogP contribution in [0, 0.1) is 0 Å². The predicted octanol–water partition coefficient (Wildman–Crippen LogP) is 0.872. The minimum Gasteiger partial charge on any atom is -0.473 e. The zero-order valence-electron chi connectivity index (χ0n) is 11.5. The number of aromatic nitrogens is 2. The first-order valence-electron chi connectivity index (χ1n) is 5.99. The number of nitrogens with zero attached hydrogens (tertiary/aromatic N) is 2. The summed E-state index contributed by atoms with van der Waals surface area (Å²) >= 11 is 0. The Morgan fingerprint density at radius 1 is 1.14 bits per heavy atom. The van der Waals surface area contributed by atoms with Crippen molar-refractivity contribution in [2.75, 3.05) is 0 Å². The summed E-state index contributed by atoms with van der Waals surface area (Å²) in [5.74, 6) is -4.13. The number of hydrogen-bond donors (Lipinski definition) is 3. The van der Waals surface area contributed by atoms with E-state index in [1.54, 1.807) is 0 Å². The number of nitrogens with two attached hydrogens (primary N) is 1. The van der Waals surface area contributed by atoms with Crippen LogP contribution in [-0.4, -0.2) is 37.8 Å². The molecule has 2 rings (SSSR count). The molecule has 0 aliphatic heterocycles. The van der Waals surface area contributed by atoms with Crippen LogP contribution in [0.4, 0.5) is 0 Å². The number of rotatable bonds is 2. The first kappa shape index (κ1) is 16.2. The lowest BCUT2D eigenvalue weighted by molar-refractivity contribution is -0.159. The second-order valence-electron chi connectivity index (χ2n) is 4.38. The van der Waals surface area contributed by atoms with Crippen molar-refractivity contribution in [2.24, 2.45) is 5.73 Å². The van der Waals surface area contributed by atoms with Gasteiger partial charge in [0.1, 0.15) is 0 Å². The molecule has 1 aromatic heterocycles. The molecule has 4 N–H and O–H groups in total. The van der Waals surface area contributed by atoms with Crippen molar-refractivity contribution in [3.63, 3.8) is 0 Å². The lowest BCUT2D eigenvalue weighted by Gasteiger charge is -2.05. The van der Waals surface area contributed by atoms with Gasteiger partial charge >= 0.3 is 11.9 Å². The van der Waals surface area contributed by atoms with Crippen LogP contribution in [0.3, 0.4) is 0 Å². The van der Waals surface area contributed by atoms with Crippen molar-refractivity contribution in [3.8, 4) is 0 Å². The van der Waals surface area contributed by atoms with Crippen molar-refractivity contribution in [1.29, 1.82) is 0 Å². The van der Waals surface area contributed by atoms with Gasteiger partial charge in [-0.2, -0.15) is 5.10 Å². The van der Waals surface area contributed by atoms with Gasteiger partial charge in [0.2, 0.25) is 0 Å². The van der Waals surface area contributed by atoms with Crippen LogP contribution in [0.25, 0.3) is 10.9 Å². The fourth-order valence-corrected chi connectivity index (χ4v) is 1.66. The molecule has 0 radical (unpaired) electrons. The van der Waals surface area contributed by atoms with E-state index in [1.165, 1.54) is 0 Å². The van der Waals surface area contributed by atoms with Gasteiger partial charge < -0.3 is 15.9 Å². The maximum absolute atomic E-state index is 11.2. The molecule has 1 amide bonds. The van der Waals surface area contributed by atoms with Crippen molar-refractivity contribution in [2.45, 2.75) is 19.9 Å². The molecule has 0 aliphatic carbocycles. The van der Waals surface area contributed by atoms with Crippen LogP contribution in [0.15, 0.2) is 24.3 Å². The summed E-state index contributed by atoms with van der Waals surface area (Å²) in [4.78, 5) is 29.4. The van der Waals surface area contributed by atoms with Crippen LogP contribution in [0.1, 0.15) is 30.4 Å². The smallest absolute Gasteiger partial charge is 0.414 e. The molecule has 0 fully saturated rings. The van der Waals surface area contributed by atoms with Gasteiger partial charge in [-0.05, 0) is 19.9 Å². The number of primary amides is 1. The Balaban J connectivity index is 0.000000315. The molecule has 8 heteroatoms. The summed E-state index contributed by atoms with van der Waals surface area (Å²) in [6, 6.07) is 7.81. The number of fused-ring (bicyclic) bond motifs is 1. The SMILES string of the molecule is CC(C)n1nc(C(N)=O)c2ccccc21.O=C(O)C(=O)O. The highest BCUT2D eigenvalue weighted by Gasteiger charge is 2.15. The highest BCUT2D eigenvalue weighted by molar-refractivity contribution is 6.27. The maximum atomic E-state index is 11.2. The van der Waals surface area contributed by atoms with E-state index in [0.717, 1.165) is 10.9 Å². The molecule has 21 heavy (non-hydrogen) atoms. The van der Waals surface area contributed by atoms with Crippen molar-refractivity contribution in [3.05, 3.63) is 30.0 Å². The summed E-state index contributed by atoms with van der Waals surface area (Å²) in [5, 5.41) is 19.8. The van der Waals surface area contributed by atoms with E-state index < -0.39 is 17.8 Å². The van der Waals surface area contributed by atoms with Gasteiger partial charge in [0.15, 0.2) is 5.69 Å². The van der Waals surface area contributed by atoms with Gasteiger partial charge in [-0.15, -0.1) is 0 Å². The van der Waals surface area contributed by atoms with Crippen molar-refractivity contribution < 1.29 is 24.6 Å². The van der Waals surface area contributed by atoms with Gasteiger partial charge in [-0.3, -0.25) is 9.48 Å². The second kappa shape index (κ2) is 6.51. The number of carboxylic acids is 2. The van der Waals surface area contributed by atoms with E-state index in [9.17, 15) is 4.79 Å². The van der Waals surface area contributed by atoms with E-state index in [4.69, 9.17) is 25.5 Å². The van der Waals surface area contributed by atoms with Gasteiger partial charge in [0.05, 0.1) is 5.52 Å². The Morgan fingerprint density at radius 2 is 1.67 bits per heavy atom. The number of carbonyl (C=O) groups is 3. The van der Waals surface area contributed by atoms with Crippen LogP contribution in [-0.2, 0) is 9.59 Å². The summed E-state index contributed by atoms with van der Waals surface area (Å²) in [5.41, 5.74) is 6.57. The quantitative estimate of drug-likeness (QED) is 0.703. The lowest BCUT2D eigenvalue weighted by Crippen LogP contribution is -2.13. The number of hydrogen-bond acceptors (Lipinski definition) is 4. The van der Waals surface area contributed by atoms with Crippen molar-refractivity contribution >= 4 is 28.7 Å². The third-order valence-corrected chi connectivity index (χ3v) is 2.52. The van der Waals surface area contributed by atoms with Gasteiger partial charge in [0.25, 0.3) is 5.91 Å². The highest BCUT2D eigenvalue weighted by Crippen LogP contribution is 2.20. The average molecular weight is 293 g/mol. The Kier molecular flexibility index (Phi) is 5.01. The molecule has 2 aromatic rings. The molecule has 0 unspecified atom stereocenters. The van der Waals surface area contributed by atoms with Crippen LogP contribution in [0.5, 0.6) is 0 Å². The minimum absolute atomic E-state index is 0.211. The van der Waals surface area contributed by atoms with Crippen LogP contribution < -0.4 is 5.73 Å². The number of carboxylic acid groups (broad SMARTS) is 2. The zero-order valence-corrected chi connectivity index (χ0v) is 11.5. The normalized spacial score (nSPS) is 10.0. The first-order valence-corrected chi connectivity index (χ1v) is 5.99. The molecule has 0 saturated carbocycles. The minimum atomic E-state index is -1.82. The topological polar surface area (TPSA) is 136 Å². The van der Waals surface area contributed by atoms with Gasteiger partial charge in [0, 0.05) is 11.4 Å². The highest BCUT2D eigenvalue weighted by atomic mass is 16.4. The van der Waals surface area contributed by atoms with Crippen LogP contribution in [0.2, 0.25) is 0 Å². The Labute approximate surface area is 119 Å². The monoisotopic (exact) mass is 293 g/mol. The molecule has 0 atom stereocenters. The number of benzene rings is 1. The number of amides is 1. The number of aliphatic carboxylic acids is 2. The molecular formula is C13H15N3O5. The van der Waals surface area contributed by atoms with E-state index in [-0.39, 0.29) is 6.04 Å². The molecule has 0 saturated heterocycles. The molecule has 1 heterocycles. The van der Waals surface area contributed by atoms with E-state index >= 15 is 0 Å². The molecule has 0 aliphatic rings. The summed E-state index contributed by atoms with van der Waals surface area (Å²) in [6.07, 6.45) is 0. The fraction of sp³-hybridized carbons (Fsp3) is 0.231. The summed E-state index contributed by atoms with van der Waals surface area (Å²) in [7, 11) is 0. The lowest BCUT2D eigenvalue weighted by atomic mass is 10.2. The molecule has 0 spiro atoms. The largest absolute Gasteiger partial charge is 0.473 e. The summed E-state index contributed by atoms with van der Waals surface area (Å²) < 4.78 is 1.81. The summed E-state index contributed by atoms with van der Waals surface area (Å²) in [6.45, 7) is 4.04. The molecule has 112 valence electrons. The molecule has 0 bridgehead atoms. The fourth-order valence-electron chi connectivity index (χ4n) is 1.66. The third kappa shape index (κ3) is 3.78. The number of carbonyl (C=O) groups excluding carboxylic acids is 1. The maximum Gasteiger partial charge on any atom is 0.414 e. The average Bonchev–Trinajstić information content (AvgIpc) is 2.79. The second-order valence-corrected chi connectivity index (χ2v) is 4.38. The molecule has 8 nitrogen and oxygen atoms in total. The predicted molar refractivity (Wildman–Crippen MR) is 73.9 cm³/mol. The van der Waals surface area contributed by atoms with Crippen LogP contribution >= 0.6 is 0 Å². The standard InChI is InChI=1S/C11H13N3O.C2H2O4/c1-7(2)14-9-6-4-3-5-8(9)10(13-14)11(12)15;3-1(4)2(5)6/h3-7H,1-2H3,(H2,12,15);(H,3,4)(H,5,6). The van der Waals surface area contributed by atoms with E-state index in [2.05, 4.69) is 5.10 Å².